The smallest absolute Gasteiger partial charge is 0.236 e. The van der Waals surface area contributed by atoms with Crippen LogP contribution in [0.15, 0.2) is 0 Å². The van der Waals surface area contributed by atoms with Crippen molar-refractivity contribution in [1.82, 2.24) is 14.5 Å². The second kappa shape index (κ2) is 7.04. The first-order valence-electron chi connectivity index (χ1n) is 7.56. The summed E-state index contributed by atoms with van der Waals surface area (Å²) in [5.74, 6) is 0.142. The fourth-order valence-corrected chi connectivity index (χ4v) is 3.79. The highest BCUT2D eigenvalue weighted by molar-refractivity contribution is 7.88. The van der Waals surface area contributed by atoms with Crippen molar-refractivity contribution in [1.29, 1.82) is 0 Å². The first-order chi connectivity index (χ1) is 9.83. The maximum absolute atomic E-state index is 12.3. The van der Waals surface area contributed by atoms with Gasteiger partial charge >= 0.3 is 0 Å². The molecule has 3 N–H and O–H groups in total. The Morgan fingerprint density at radius 3 is 2.24 bits per heavy atom. The lowest BCUT2D eigenvalue weighted by Crippen LogP contribution is -2.50. The number of carbonyl (C=O) groups is 1. The van der Waals surface area contributed by atoms with Gasteiger partial charge in [0.05, 0.1) is 12.8 Å². The van der Waals surface area contributed by atoms with E-state index in [0.717, 1.165) is 25.9 Å². The van der Waals surface area contributed by atoms with Gasteiger partial charge in [0.15, 0.2) is 0 Å². The minimum Gasteiger partial charge on any atom is -0.341 e. The molecule has 0 aliphatic carbocycles. The van der Waals surface area contributed by atoms with Crippen molar-refractivity contribution < 1.29 is 13.2 Å². The average Bonchev–Trinajstić information content (AvgIpc) is 2.40. The molecule has 0 aromatic rings. The maximum Gasteiger partial charge on any atom is 0.236 e. The molecule has 0 atom stereocenters. The monoisotopic (exact) mass is 318 g/mol. The van der Waals surface area contributed by atoms with Crippen LogP contribution in [0.5, 0.6) is 0 Å². The molecule has 122 valence electrons. The Morgan fingerprint density at radius 2 is 1.71 bits per heavy atom. The number of carbonyl (C=O) groups excluding carboxylic acids is 1. The van der Waals surface area contributed by atoms with Gasteiger partial charge in [0.25, 0.3) is 0 Å². The Bertz CT molecular complexity index is 452. The van der Waals surface area contributed by atoms with Gasteiger partial charge in [-0.1, -0.05) is 0 Å². The van der Waals surface area contributed by atoms with Crippen molar-refractivity contribution in [3.8, 4) is 0 Å². The SMILES string of the molecule is CS(=O)(=O)NC1CCN(C(=O)CN2CCC(N)CC2)CC1. The van der Waals surface area contributed by atoms with Gasteiger partial charge in [-0.2, -0.15) is 0 Å². The standard InChI is InChI=1S/C13H26N4O3S/c1-21(19,20)15-12-4-8-17(9-5-12)13(18)10-16-6-2-11(14)3-7-16/h11-12,15H,2-10,14H2,1H3. The number of sulfonamides is 1. The molecule has 2 aliphatic heterocycles. The van der Waals surface area contributed by atoms with Crippen LogP contribution >= 0.6 is 0 Å². The van der Waals surface area contributed by atoms with E-state index in [9.17, 15) is 13.2 Å². The topological polar surface area (TPSA) is 95.7 Å². The van der Waals surface area contributed by atoms with Crippen LogP contribution in [-0.4, -0.2) is 75.2 Å². The van der Waals surface area contributed by atoms with Crippen molar-refractivity contribution in [3.63, 3.8) is 0 Å². The molecule has 0 aromatic carbocycles. The molecule has 0 spiro atoms. The second-order valence-electron chi connectivity index (χ2n) is 6.16. The number of likely N-dealkylation sites (tertiary alicyclic amines) is 2. The van der Waals surface area contributed by atoms with Gasteiger partial charge in [-0.3, -0.25) is 9.69 Å². The molecule has 21 heavy (non-hydrogen) atoms. The van der Waals surface area contributed by atoms with Crippen molar-refractivity contribution in [2.45, 2.75) is 37.8 Å². The molecule has 2 heterocycles. The molecular weight excluding hydrogens is 292 g/mol. The van der Waals surface area contributed by atoms with Gasteiger partial charge in [-0.05, 0) is 25.7 Å². The van der Waals surface area contributed by atoms with Crippen LogP contribution in [0.4, 0.5) is 0 Å². The Morgan fingerprint density at radius 1 is 1.14 bits per heavy atom. The maximum atomic E-state index is 12.3. The van der Waals surface area contributed by atoms with Crippen LogP contribution in [0.3, 0.4) is 0 Å². The lowest BCUT2D eigenvalue weighted by Gasteiger charge is -2.35. The Hall–Kier alpha value is -0.700. The quantitative estimate of drug-likeness (QED) is 0.689. The normalized spacial score (nSPS) is 23.4. The lowest BCUT2D eigenvalue weighted by molar-refractivity contribution is -0.133. The lowest BCUT2D eigenvalue weighted by atomic mass is 10.1. The van der Waals surface area contributed by atoms with Crippen molar-refractivity contribution in [3.05, 3.63) is 0 Å². The second-order valence-corrected chi connectivity index (χ2v) is 7.94. The predicted molar refractivity (Wildman–Crippen MR) is 81.2 cm³/mol. The number of rotatable bonds is 4. The van der Waals surface area contributed by atoms with Crippen LogP contribution < -0.4 is 10.5 Å². The van der Waals surface area contributed by atoms with Crippen LogP contribution in [-0.2, 0) is 14.8 Å². The molecule has 1 amide bonds. The molecule has 2 aliphatic rings. The van der Waals surface area contributed by atoms with E-state index in [2.05, 4.69) is 9.62 Å². The van der Waals surface area contributed by atoms with Crippen LogP contribution in [0.2, 0.25) is 0 Å². The molecule has 0 saturated carbocycles. The molecule has 8 heteroatoms. The van der Waals surface area contributed by atoms with Gasteiger partial charge in [-0.15, -0.1) is 0 Å². The molecule has 0 radical (unpaired) electrons. The minimum absolute atomic E-state index is 0.0444. The summed E-state index contributed by atoms with van der Waals surface area (Å²) in [6, 6.07) is 0.228. The van der Waals surface area contributed by atoms with Gasteiger partial charge in [-0.25, -0.2) is 13.1 Å². The molecule has 7 nitrogen and oxygen atoms in total. The molecular formula is C13H26N4O3S. The number of nitrogens with one attached hydrogen (secondary N) is 1. The Labute approximate surface area is 126 Å². The number of hydrogen-bond donors (Lipinski definition) is 2. The number of amides is 1. The van der Waals surface area contributed by atoms with Crippen molar-refractivity contribution in [2.24, 2.45) is 5.73 Å². The van der Waals surface area contributed by atoms with Gasteiger partial charge in [0.1, 0.15) is 0 Å². The highest BCUT2D eigenvalue weighted by Crippen LogP contribution is 2.13. The average molecular weight is 318 g/mol. The van der Waals surface area contributed by atoms with E-state index in [1.165, 1.54) is 6.26 Å². The summed E-state index contributed by atoms with van der Waals surface area (Å²) >= 11 is 0. The van der Waals surface area contributed by atoms with Crippen LogP contribution in [0, 0.1) is 0 Å². The van der Waals surface area contributed by atoms with Gasteiger partial charge < -0.3 is 10.6 Å². The van der Waals surface area contributed by atoms with E-state index in [1.807, 2.05) is 4.90 Å². The van der Waals surface area contributed by atoms with Crippen LogP contribution in [0.25, 0.3) is 0 Å². The van der Waals surface area contributed by atoms with Gasteiger partial charge in [0, 0.05) is 38.3 Å². The van der Waals surface area contributed by atoms with Crippen LogP contribution in [0.1, 0.15) is 25.7 Å². The molecule has 0 aromatic heterocycles. The zero-order valence-electron chi connectivity index (χ0n) is 12.6. The summed E-state index contributed by atoms with van der Waals surface area (Å²) in [4.78, 5) is 16.3. The highest BCUT2D eigenvalue weighted by Gasteiger charge is 2.26. The zero-order chi connectivity index (χ0) is 15.5. The first-order valence-corrected chi connectivity index (χ1v) is 9.45. The van der Waals surface area contributed by atoms with Crippen molar-refractivity contribution >= 4 is 15.9 Å². The van der Waals surface area contributed by atoms with E-state index in [4.69, 9.17) is 5.73 Å². The van der Waals surface area contributed by atoms with E-state index in [1.54, 1.807) is 0 Å². The number of nitrogens with zero attached hydrogens (tertiary/aromatic N) is 2. The zero-order valence-corrected chi connectivity index (χ0v) is 13.4. The van der Waals surface area contributed by atoms with E-state index >= 15 is 0 Å². The first kappa shape index (κ1) is 16.7. The fraction of sp³-hybridized carbons (Fsp3) is 0.923. The molecule has 0 bridgehead atoms. The molecule has 0 unspecified atom stereocenters. The number of piperidine rings is 2. The summed E-state index contributed by atoms with van der Waals surface area (Å²) in [5, 5.41) is 0. The van der Waals surface area contributed by atoms with E-state index in [0.29, 0.717) is 32.5 Å². The minimum atomic E-state index is -3.16. The molecule has 2 saturated heterocycles. The third-order valence-electron chi connectivity index (χ3n) is 4.22. The fourth-order valence-electron chi connectivity index (χ4n) is 2.95. The van der Waals surface area contributed by atoms with E-state index in [-0.39, 0.29) is 18.0 Å². The van der Waals surface area contributed by atoms with Gasteiger partial charge in [0.2, 0.25) is 15.9 Å². The third-order valence-corrected chi connectivity index (χ3v) is 4.98. The Kier molecular flexibility index (Phi) is 5.59. The highest BCUT2D eigenvalue weighted by atomic mass is 32.2. The molecule has 2 rings (SSSR count). The summed E-state index contributed by atoms with van der Waals surface area (Å²) in [6.07, 6.45) is 4.44. The number of nitrogens with two attached hydrogens (primary N) is 1. The summed E-state index contributed by atoms with van der Waals surface area (Å²) in [7, 11) is -3.16. The summed E-state index contributed by atoms with van der Waals surface area (Å²) in [5.41, 5.74) is 5.86. The largest absolute Gasteiger partial charge is 0.341 e. The summed E-state index contributed by atoms with van der Waals surface area (Å²) < 4.78 is 25.0. The third kappa shape index (κ3) is 5.54. The Balaban J connectivity index is 1.73. The van der Waals surface area contributed by atoms with E-state index < -0.39 is 10.0 Å². The predicted octanol–water partition coefficient (Wildman–Crippen LogP) is -1.05. The van der Waals surface area contributed by atoms with Crippen molar-refractivity contribution in [2.75, 3.05) is 39.0 Å². The molecule has 2 fully saturated rings. The summed E-state index contributed by atoms with van der Waals surface area (Å²) in [6.45, 7) is 3.48. The number of hydrogen-bond acceptors (Lipinski definition) is 5.